The number of ether oxygens (including phenoxy) is 2. The number of thiophene rings is 1. The van der Waals surface area contributed by atoms with Crippen LogP contribution in [0.1, 0.15) is 20.8 Å². The van der Waals surface area contributed by atoms with Crippen molar-refractivity contribution in [1.29, 1.82) is 0 Å². The fourth-order valence-corrected chi connectivity index (χ4v) is 5.39. The first kappa shape index (κ1) is 22.4. The van der Waals surface area contributed by atoms with E-state index < -0.39 is 22.6 Å². The molecule has 0 aliphatic carbocycles. The summed E-state index contributed by atoms with van der Waals surface area (Å²) in [4.78, 5) is 27.2. The molecule has 0 spiro atoms. The van der Waals surface area contributed by atoms with E-state index in [1.54, 1.807) is 20.0 Å². The molecule has 1 aliphatic rings. The summed E-state index contributed by atoms with van der Waals surface area (Å²) in [5, 5.41) is 1.92. The van der Waals surface area contributed by atoms with Crippen molar-refractivity contribution < 1.29 is 27.5 Å². The van der Waals surface area contributed by atoms with E-state index in [0.29, 0.717) is 25.3 Å². The molecule has 8 nitrogen and oxygen atoms in total. The van der Waals surface area contributed by atoms with Gasteiger partial charge in [0.25, 0.3) is 5.91 Å². The number of benzene rings is 1. The highest BCUT2D eigenvalue weighted by molar-refractivity contribution is 7.89. The number of hydrogen-bond donors (Lipinski definition) is 0. The van der Waals surface area contributed by atoms with Crippen molar-refractivity contribution in [2.75, 3.05) is 40.0 Å². The van der Waals surface area contributed by atoms with Gasteiger partial charge in [-0.05, 0) is 36.1 Å². The molecule has 2 aromatic rings. The molecule has 1 aromatic carbocycles. The predicted molar refractivity (Wildman–Crippen MR) is 112 cm³/mol. The maximum atomic E-state index is 12.9. The van der Waals surface area contributed by atoms with Gasteiger partial charge in [0.05, 0.1) is 30.2 Å². The largest absolute Gasteiger partial charge is 0.452 e. The molecule has 1 saturated heterocycles. The third-order valence-corrected chi connectivity index (χ3v) is 7.64. The zero-order chi connectivity index (χ0) is 21.7. The summed E-state index contributed by atoms with van der Waals surface area (Å²) < 4.78 is 37.6. The lowest BCUT2D eigenvalue weighted by molar-refractivity contribution is -0.133. The molecule has 2 heterocycles. The minimum absolute atomic E-state index is 0.0555. The first-order valence-corrected chi connectivity index (χ1v) is 11.7. The number of nitrogens with zero attached hydrogens (tertiary/aromatic N) is 2. The minimum Gasteiger partial charge on any atom is -0.452 e. The molecular weight excluding hydrogens is 428 g/mol. The van der Waals surface area contributed by atoms with Crippen molar-refractivity contribution in [2.45, 2.75) is 18.4 Å². The molecule has 0 unspecified atom stereocenters. The highest BCUT2D eigenvalue weighted by atomic mass is 32.2. The molecule has 3 rings (SSSR count). The molecule has 0 atom stereocenters. The average Bonchev–Trinajstić information content (AvgIpc) is 3.25. The van der Waals surface area contributed by atoms with Crippen LogP contribution in [0, 0.1) is 6.92 Å². The van der Waals surface area contributed by atoms with Crippen molar-refractivity contribution in [3.63, 3.8) is 0 Å². The van der Waals surface area contributed by atoms with Crippen LogP contribution < -0.4 is 0 Å². The minimum atomic E-state index is -3.75. The van der Waals surface area contributed by atoms with Crippen LogP contribution in [0.25, 0.3) is 0 Å². The Hall–Kier alpha value is -2.27. The summed E-state index contributed by atoms with van der Waals surface area (Å²) >= 11 is 1.54. The van der Waals surface area contributed by atoms with Gasteiger partial charge in [-0.2, -0.15) is 4.31 Å². The van der Waals surface area contributed by atoms with Crippen LogP contribution in [0.2, 0.25) is 0 Å². The number of likely N-dealkylation sites (N-methyl/N-ethyl adjacent to an activating group) is 1. The van der Waals surface area contributed by atoms with E-state index in [4.69, 9.17) is 9.47 Å². The Kier molecular flexibility index (Phi) is 7.24. The fraction of sp³-hybridized carbons (Fsp3) is 0.400. The zero-order valence-electron chi connectivity index (χ0n) is 16.9. The van der Waals surface area contributed by atoms with E-state index in [-0.39, 0.29) is 29.5 Å². The Morgan fingerprint density at radius 3 is 2.63 bits per heavy atom. The smallest absolute Gasteiger partial charge is 0.338 e. The van der Waals surface area contributed by atoms with E-state index in [2.05, 4.69) is 0 Å². The van der Waals surface area contributed by atoms with Crippen molar-refractivity contribution in [3.05, 3.63) is 51.7 Å². The highest BCUT2D eigenvalue weighted by Crippen LogP contribution is 2.23. The van der Waals surface area contributed by atoms with Crippen LogP contribution in [-0.2, 0) is 30.8 Å². The van der Waals surface area contributed by atoms with Crippen LogP contribution in [0.4, 0.5) is 0 Å². The van der Waals surface area contributed by atoms with Crippen LogP contribution in [-0.4, -0.2) is 69.5 Å². The zero-order valence-corrected chi connectivity index (χ0v) is 18.5. The SMILES string of the molecule is Cc1ccc(C(=O)OCC(=O)N(C)Cc2cccs2)cc1S(=O)(=O)N1CCOCC1. The molecular formula is C20H24N2O6S2. The number of carbonyl (C=O) groups excluding carboxylic acids is 2. The average molecular weight is 453 g/mol. The van der Waals surface area contributed by atoms with Crippen LogP contribution in [0.3, 0.4) is 0 Å². The highest BCUT2D eigenvalue weighted by Gasteiger charge is 2.28. The van der Waals surface area contributed by atoms with Crippen molar-refractivity contribution in [2.24, 2.45) is 0 Å². The molecule has 0 N–H and O–H groups in total. The van der Waals surface area contributed by atoms with Gasteiger partial charge in [0.15, 0.2) is 6.61 Å². The quantitative estimate of drug-likeness (QED) is 0.596. The summed E-state index contributed by atoms with van der Waals surface area (Å²) in [5.41, 5.74) is 0.617. The van der Waals surface area contributed by atoms with Gasteiger partial charge in [-0.15, -0.1) is 11.3 Å². The topological polar surface area (TPSA) is 93.2 Å². The Morgan fingerprint density at radius 2 is 1.97 bits per heavy atom. The predicted octanol–water partition coefficient (Wildman–Crippen LogP) is 1.89. The van der Waals surface area contributed by atoms with E-state index >= 15 is 0 Å². The molecule has 1 aliphatic heterocycles. The molecule has 10 heteroatoms. The molecule has 30 heavy (non-hydrogen) atoms. The van der Waals surface area contributed by atoms with E-state index in [1.807, 2.05) is 17.5 Å². The monoisotopic (exact) mass is 452 g/mol. The molecule has 0 saturated carbocycles. The molecule has 0 bridgehead atoms. The summed E-state index contributed by atoms with van der Waals surface area (Å²) in [7, 11) is -2.12. The standard InChI is InChI=1S/C20H24N2O6S2/c1-15-5-6-16(12-18(15)30(25,26)22-7-9-27-10-8-22)20(24)28-14-19(23)21(2)13-17-4-3-11-29-17/h3-6,11-12H,7-10,13-14H2,1-2H3. The van der Waals surface area contributed by atoms with Gasteiger partial charge in [0.1, 0.15) is 0 Å². The molecule has 1 aromatic heterocycles. The second-order valence-corrected chi connectivity index (χ2v) is 9.84. The number of aryl methyl sites for hydroxylation is 1. The van der Waals surface area contributed by atoms with E-state index in [1.165, 1.54) is 32.7 Å². The number of esters is 1. The normalized spacial score (nSPS) is 15.0. The van der Waals surface area contributed by atoms with Gasteiger partial charge in [0, 0.05) is 25.0 Å². The Morgan fingerprint density at radius 1 is 1.23 bits per heavy atom. The number of morpholine rings is 1. The van der Waals surface area contributed by atoms with Gasteiger partial charge in [0.2, 0.25) is 10.0 Å². The van der Waals surface area contributed by atoms with Gasteiger partial charge >= 0.3 is 5.97 Å². The summed E-state index contributed by atoms with van der Waals surface area (Å²) in [6, 6.07) is 8.19. The molecule has 1 fully saturated rings. The van der Waals surface area contributed by atoms with E-state index in [9.17, 15) is 18.0 Å². The number of amides is 1. The first-order chi connectivity index (χ1) is 14.3. The Balaban J connectivity index is 1.66. The Labute approximate surface area is 180 Å². The van der Waals surface area contributed by atoms with Crippen LogP contribution in [0.15, 0.2) is 40.6 Å². The number of hydrogen-bond acceptors (Lipinski definition) is 7. The third kappa shape index (κ3) is 5.25. The van der Waals surface area contributed by atoms with Gasteiger partial charge in [-0.25, -0.2) is 13.2 Å². The lowest BCUT2D eigenvalue weighted by atomic mass is 10.1. The molecule has 0 radical (unpaired) electrons. The van der Waals surface area contributed by atoms with Crippen LogP contribution in [0.5, 0.6) is 0 Å². The maximum Gasteiger partial charge on any atom is 0.338 e. The number of rotatable bonds is 7. The summed E-state index contributed by atoms with van der Waals surface area (Å²) in [5.74, 6) is -1.09. The molecule has 1 amide bonds. The number of carbonyl (C=O) groups is 2. The van der Waals surface area contributed by atoms with Crippen molar-refractivity contribution in [3.8, 4) is 0 Å². The summed E-state index contributed by atoms with van der Waals surface area (Å²) in [6.45, 7) is 2.89. The van der Waals surface area contributed by atoms with Crippen LogP contribution >= 0.6 is 11.3 Å². The molecule has 162 valence electrons. The van der Waals surface area contributed by atoms with E-state index in [0.717, 1.165) is 4.88 Å². The fourth-order valence-electron chi connectivity index (χ4n) is 2.98. The third-order valence-electron chi connectivity index (χ3n) is 4.74. The van der Waals surface area contributed by atoms with Crippen molar-refractivity contribution >= 4 is 33.2 Å². The summed E-state index contributed by atoms with van der Waals surface area (Å²) in [6.07, 6.45) is 0. The first-order valence-electron chi connectivity index (χ1n) is 9.41. The van der Waals surface area contributed by atoms with Gasteiger partial charge in [-0.3, -0.25) is 4.79 Å². The van der Waals surface area contributed by atoms with Gasteiger partial charge in [-0.1, -0.05) is 12.1 Å². The lowest BCUT2D eigenvalue weighted by Crippen LogP contribution is -2.40. The second-order valence-electron chi connectivity index (χ2n) is 6.90. The lowest BCUT2D eigenvalue weighted by Gasteiger charge is -2.26. The maximum absolute atomic E-state index is 12.9. The second kappa shape index (κ2) is 9.69. The van der Waals surface area contributed by atoms with Gasteiger partial charge < -0.3 is 14.4 Å². The number of sulfonamides is 1. The van der Waals surface area contributed by atoms with Crippen molar-refractivity contribution in [1.82, 2.24) is 9.21 Å². The Bertz CT molecular complexity index is 998.